The van der Waals surface area contributed by atoms with Crippen molar-refractivity contribution in [2.75, 3.05) is 0 Å². The van der Waals surface area contributed by atoms with Gasteiger partial charge in [0.25, 0.3) is 5.91 Å². The standard InChI is InChI=1S/C20H22N4O/c1-3-6-16-9-11-17(12-10-16)15(2)22-23-20(25)13-24-14-21-18-7-4-5-8-19(18)24/h4-5,7-12,14H,3,6,13H2,1-2H3,(H,23,25)/b22-15-. The molecule has 0 saturated heterocycles. The normalized spacial score (nSPS) is 11.7. The van der Waals surface area contributed by atoms with E-state index in [2.05, 4.69) is 34.6 Å². The lowest BCUT2D eigenvalue weighted by atomic mass is 10.1. The number of nitrogens with one attached hydrogen (secondary N) is 1. The number of hydrogen-bond donors (Lipinski definition) is 1. The van der Waals surface area contributed by atoms with Gasteiger partial charge in [-0.1, -0.05) is 49.7 Å². The number of aryl methyl sites for hydroxylation is 1. The number of nitrogens with zero attached hydrogens (tertiary/aromatic N) is 3. The van der Waals surface area contributed by atoms with Gasteiger partial charge in [0, 0.05) is 0 Å². The van der Waals surface area contributed by atoms with Crippen LogP contribution in [-0.4, -0.2) is 21.2 Å². The topological polar surface area (TPSA) is 59.3 Å². The van der Waals surface area contributed by atoms with Gasteiger partial charge in [0.1, 0.15) is 6.54 Å². The van der Waals surface area contributed by atoms with E-state index in [9.17, 15) is 4.79 Å². The molecule has 128 valence electrons. The van der Waals surface area contributed by atoms with E-state index in [4.69, 9.17) is 0 Å². The fraction of sp³-hybridized carbons (Fsp3) is 0.250. The molecule has 1 heterocycles. The highest BCUT2D eigenvalue weighted by Gasteiger charge is 2.06. The second-order valence-corrected chi connectivity index (χ2v) is 6.04. The minimum absolute atomic E-state index is 0.176. The predicted octanol–water partition coefficient (Wildman–Crippen LogP) is 3.53. The molecule has 0 unspecified atom stereocenters. The van der Waals surface area contributed by atoms with Crippen LogP contribution in [0.5, 0.6) is 0 Å². The molecule has 1 N–H and O–H groups in total. The molecular formula is C20H22N4O. The predicted molar refractivity (Wildman–Crippen MR) is 101 cm³/mol. The van der Waals surface area contributed by atoms with E-state index in [0.717, 1.165) is 35.2 Å². The second kappa shape index (κ2) is 7.75. The summed E-state index contributed by atoms with van der Waals surface area (Å²) < 4.78 is 1.81. The van der Waals surface area contributed by atoms with Gasteiger partial charge in [-0.05, 0) is 36.6 Å². The maximum atomic E-state index is 12.2. The van der Waals surface area contributed by atoms with Crippen LogP contribution >= 0.6 is 0 Å². The van der Waals surface area contributed by atoms with Gasteiger partial charge in [0.15, 0.2) is 0 Å². The third-order valence-electron chi connectivity index (χ3n) is 4.10. The summed E-state index contributed by atoms with van der Waals surface area (Å²) in [5, 5.41) is 4.21. The molecule has 3 rings (SSSR count). The third kappa shape index (κ3) is 4.12. The van der Waals surface area contributed by atoms with E-state index < -0.39 is 0 Å². The van der Waals surface area contributed by atoms with Crippen LogP contribution in [-0.2, 0) is 17.8 Å². The van der Waals surface area contributed by atoms with Crippen molar-refractivity contribution in [3.63, 3.8) is 0 Å². The monoisotopic (exact) mass is 334 g/mol. The molecule has 25 heavy (non-hydrogen) atoms. The second-order valence-electron chi connectivity index (χ2n) is 6.04. The molecule has 0 aliphatic heterocycles. The first-order chi connectivity index (χ1) is 12.2. The Morgan fingerprint density at radius 2 is 1.92 bits per heavy atom. The zero-order chi connectivity index (χ0) is 17.6. The average molecular weight is 334 g/mol. The van der Waals surface area contributed by atoms with Crippen LogP contribution in [0.3, 0.4) is 0 Å². The molecule has 5 heteroatoms. The molecular weight excluding hydrogens is 312 g/mol. The van der Waals surface area contributed by atoms with E-state index in [1.807, 2.05) is 47.9 Å². The number of carbonyl (C=O) groups is 1. The van der Waals surface area contributed by atoms with Gasteiger partial charge >= 0.3 is 0 Å². The molecule has 5 nitrogen and oxygen atoms in total. The average Bonchev–Trinajstić information content (AvgIpc) is 3.04. The fourth-order valence-corrected chi connectivity index (χ4v) is 2.74. The van der Waals surface area contributed by atoms with Crippen molar-refractivity contribution in [2.45, 2.75) is 33.2 Å². The SMILES string of the molecule is CCCc1ccc(/C(C)=N\NC(=O)Cn2cnc3ccccc32)cc1. The van der Waals surface area contributed by atoms with Crippen LogP contribution in [0.25, 0.3) is 11.0 Å². The highest BCUT2D eigenvalue weighted by atomic mass is 16.2. The fourth-order valence-electron chi connectivity index (χ4n) is 2.74. The summed E-state index contributed by atoms with van der Waals surface area (Å²) in [6, 6.07) is 16.0. The van der Waals surface area contributed by atoms with E-state index in [1.165, 1.54) is 5.56 Å². The smallest absolute Gasteiger partial charge is 0.260 e. The molecule has 0 saturated carbocycles. The number of rotatable bonds is 6. The number of aromatic nitrogens is 2. The van der Waals surface area contributed by atoms with Crippen molar-refractivity contribution in [1.29, 1.82) is 0 Å². The van der Waals surface area contributed by atoms with Crippen molar-refractivity contribution in [3.8, 4) is 0 Å². The van der Waals surface area contributed by atoms with Crippen LogP contribution in [0, 0.1) is 0 Å². The van der Waals surface area contributed by atoms with Gasteiger partial charge in [0.05, 0.1) is 23.1 Å². The maximum Gasteiger partial charge on any atom is 0.260 e. The number of carbonyl (C=O) groups excluding carboxylic acids is 1. The molecule has 2 aromatic carbocycles. The molecule has 0 atom stereocenters. The van der Waals surface area contributed by atoms with Crippen LogP contribution in [0.1, 0.15) is 31.4 Å². The molecule has 0 aliphatic rings. The van der Waals surface area contributed by atoms with E-state index in [0.29, 0.717) is 0 Å². The first-order valence-corrected chi connectivity index (χ1v) is 8.49. The van der Waals surface area contributed by atoms with Gasteiger partial charge in [-0.2, -0.15) is 5.10 Å². The lowest BCUT2D eigenvalue weighted by Crippen LogP contribution is -2.24. The van der Waals surface area contributed by atoms with Gasteiger partial charge < -0.3 is 4.57 Å². The molecule has 0 radical (unpaired) electrons. The lowest BCUT2D eigenvalue weighted by molar-refractivity contribution is -0.121. The highest BCUT2D eigenvalue weighted by Crippen LogP contribution is 2.11. The Labute approximate surface area is 147 Å². The Hall–Kier alpha value is -2.95. The minimum Gasteiger partial charge on any atom is -0.321 e. The van der Waals surface area contributed by atoms with Gasteiger partial charge in [-0.25, -0.2) is 10.4 Å². The number of fused-ring (bicyclic) bond motifs is 1. The van der Waals surface area contributed by atoms with Crippen molar-refractivity contribution >= 4 is 22.7 Å². The number of hydrogen-bond acceptors (Lipinski definition) is 3. The van der Waals surface area contributed by atoms with Crippen molar-refractivity contribution in [1.82, 2.24) is 15.0 Å². The summed E-state index contributed by atoms with van der Waals surface area (Å²) in [7, 11) is 0. The summed E-state index contributed by atoms with van der Waals surface area (Å²) in [5.74, 6) is -0.176. The molecule has 1 amide bonds. The van der Waals surface area contributed by atoms with Crippen LogP contribution in [0.2, 0.25) is 0 Å². The summed E-state index contributed by atoms with van der Waals surface area (Å²) in [4.78, 5) is 16.4. The molecule has 1 aromatic heterocycles. The molecule has 3 aromatic rings. The van der Waals surface area contributed by atoms with E-state index in [-0.39, 0.29) is 12.5 Å². The summed E-state index contributed by atoms with van der Waals surface area (Å²) in [6.07, 6.45) is 3.88. The van der Waals surface area contributed by atoms with Crippen molar-refractivity contribution < 1.29 is 4.79 Å². The molecule has 0 bridgehead atoms. The molecule has 0 fully saturated rings. The maximum absolute atomic E-state index is 12.2. The Kier molecular flexibility index (Phi) is 5.23. The number of benzene rings is 2. The van der Waals surface area contributed by atoms with Gasteiger partial charge in [-0.15, -0.1) is 0 Å². The van der Waals surface area contributed by atoms with Gasteiger partial charge in [0.2, 0.25) is 0 Å². The van der Waals surface area contributed by atoms with Crippen LogP contribution in [0.4, 0.5) is 0 Å². The van der Waals surface area contributed by atoms with Crippen LogP contribution in [0.15, 0.2) is 60.0 Å². The summed E-state index contributed by atoms with van der Waals surface area (Å²) >= 11 is 0. The number of hydrazone groups is 1. The highest BCUT2D eigenvalue weighted by molar-refractivity contribution is 5.99. The van der Waals surface area contributed by atoms with Crippen molar-refractivity contribution in [2.24, 2.45) is 5.10 Å². The number of para-hydroxylation sites is 2. The van der Waals surface area contributed by atoms with E-state index in [1.54, 1.807) is 6.33 Å². The Morgan fingerprint density at radius 1 is 1.16 bits per heavy atom. The lowest BCUT2D eigenvalue weighted by Gasteiger charge is -2.06. The Morgan fingerprint density at radius 3 is 2.68 bits per heavy atom. The van der Waals surface area contributed by atoms with E-state index >= 15 is 0 Å². The first kappa shape index (κ1) is 16.9. The molecule has 0 aliphatic carbocycles. The quantitative estimate of drug-likeness (QED) is 0.554. The number of amides is 1. The van der Waals surface area contributed by atoms with Crippen molar-refractivity contribution in [3.05, 3.63) is 66.0 Å². The van der Waals surface area contributed by atoms with Gasteiger partial charge in [-0.3, -0.25) is 4.79 Å². The summed E-state index contributed by atoms with van der Waals surface area (Å²) in [5.41, 5.74) is 7.54. The third-order valence-corrected chi connectivity index (χ3v) is 4.10. The number of imidazole rings is 1. The van der Waals surface area contributed by atoms with Crippen LogP contribution < -0.4 is 5.43 Å². The zero-order valence-corrected chi connectivity index (χ0v) is 14.6. The zero-order valence-electron chi connectivity index (χ0n) is 14.6. The molecule has 0 spiro atoms. The Balaban J connectivity index is 1.63. The first-order valence-electron chi connectivity index (χ1n) is 8.49. The minimum atomic E-state index is -0.176. The largest absolute Gasteiger partial charge is 0.321 e. The summed E-state index contributed by atoms with van der Waals surface area (Å²) in [6.45, 7) is 4.24. The Bertz CT molecular complexity index is 893.